The largest absolute Gasteiger partial charge is 0.376 e. The quantitative estimate of drug-likeness (QED) is 0.929. The zero-order valence-electron chi connectivity index (χ0n) is 12.0. The van der Waals surface area contributed by atoms with Crippen LogP contribution in [0.3, 0.4) is 0 Å². The van der Waals surface area contributed by atoms with Crippen molar-refractivity contribution in [2.24, 2.45) is 5.73 Å². The third-order valence-electron chi connectivity index (χ3n) is 3.95. The molecule has 1 heterocycles. The summed E-state index contributed by atoms with van der Waals surface area (Å²) in [7, 11) is 0. The Labute approximate surface area is 124 Å². The molecule has 3 unspecified atom stereocenters. The summed E-state index contributed by atoms with van der Waals surface area (Å²) in [6, 6.07) is 5.20. The van der Waals surface area contributed by atoms with E-state index in [0.717, 1.165) is 13.0 Å². The first kappa shape index (κ1) is 15.7. The Hall–Kier alpha value is -0.680. The number of halogens is 2. The van der Waals surface area contributed by atoms with Crippen LogP contribution in [0.5, 0.6) is 0 Å². The third kappa shape index (κ3) is 3.14. The van der Waals surface area contributed by atoms with Crippen molar-refractivity contribution in [2.75, 3.05) is 19.7 Å². The van der Waals surface area contributed by atoms with Gasteiger partial charge in [0, 0.05) is 24.7 Å². The smallest absolute Gasteiger partial charge is 0.146 e. The summed E-state index contributed by atoms with van der Waals surface area (Å²) in [6.45, 7) is 5.92. The molecule has 0 aromatic heterocycles. The van der Waals surface area contributed by atoms with Crippen LogP contribution in [-0.4, -0.2) is 36.7 Å². The van der Waals surface area contributed by atoms with E-state index in [9.17, 15) is 4.39 Å². The molecule has 1 fully saturated rings. The molecule has 20 heavy (non-hydrogen) atoms. The number of nitrogens with two attached hydrogens (primary N) is 1. The van der Waals surface area contributed by atoms with Crippen LogP contribution in [0.2, 0.25) is 5.02 Å². The number of benzene rings is 1. The van der Waals surface area contributed by atoms with Gasteiger partial charge >= 0.3 is 0 Å². The zero-order chi connectivity index (χ0) is 14.7. The van der Waals surface area contributed by atoms with E-state index in [0.29, 0.717) is 18.7 Å². The standard InChI is InChI=1S/C15H22ClFN2O/c1-3-11-9-20-10(2)8-19(11)14(7-18)12-5-4-6-13(16)15(12)17/h4-6,10-11,14H,3,7-9,18H2,1-2H3. The SMILES string of the molecule is CCC1COC(C)CN1C(CN)c1cccc(Cl)c1F. The summed E-state index contributed by atoms with van der Waals surface area (Å²) in [6.07, 6.45) is 1.08. The van der Waals surface area contributed by atoms with Gasteiger partial charge in [0.25, 0.3) is 0 Å². The first-order chi connectivity index (χ1) is 9.58. The first-order valence-electron chi connectivity index (χ1n) is 7.09. The Balaban J connectivity index is 2.32. The molecule has 112 valence electrons. The molecule has 0 radical (unpaired) electrons. The van der Waals surface area contributed by atoms with E-state index >= 15 is 0 Å². The lowest BCUT2D eigenvalue weighted by molar-refractivity contribution is -0.0723. The zero-order valence-corrected chi connectivity index (χ0v) is 12.7. The molecule has 1 aliphatic heterocycles. The maximum absolute atomic E-state index is 14.3. The van der Waals surface area contributed by atoms with Gasteiger partial charge in [0.2, 0.25) is 0 Å². The summed E-state index contributed by atoms with van der Waals surface area (Å²) in [5, 5.41) is 0.148. The van der Waals surface area contributed by atoms with Crippen molar-refractivity contribution in [2.45, 2.75) is 38.5 Å². The normalized spacial score (nSPS) is 25.6. The molecule has 3 nitrogen and oxygen atoms in total. The molecule has 3 atom stereocenters. The predicted octanol–water partition coefficient (Wildman–Crippen LogP) is 2.98. The van der Waals surface area contributed by atoms with Crippen molar-refractivity contribution in [1.29, 1.82) is 0 Å². The van der Waals surface area contributed by atoms with E-state index in [-0.39, 0.29) is 29.0 Å². The number of ether oxygens (including phenoxy) is 1. The lowest BCUT2D eigenvalue weighted by Crippen LogP contribution is -2.51. The fourth-order valence-corrected chi connectivity index (χ4v) is 3.00. The Bertz CT molecular complexity index is 457. The molecule has 1 aromatic rings. The fourth-order valence-electron chi connectivity index (χ4n) is 2.82. The van der Waals surface area contributed by atoms with Crippen LogP contribution in [0.25, 0.3) is 0 Å². The van der Waals surface area contributed by atoms with E-state index in [4.69, 9.17) is 22.1 Å². The highest BCUT2D eigenvalue weighted by Crippen LogP contribution is 2.30. The average molecular weight is 301 g/mol. The Morgan fingerprint density at radius 2 is 2.30 bits per heavy atom. The molecule has 0 bridgehead atoms. The molecule has 0 amide bonds. The molecule has 1 aromatic carbocycles. The van der Waals surface area contributed by atoms with Gasteiger partial charge in [0.15, 0.2) is 0 Å². The van der Waals surface area contributed by atoms with Gasteiger partial charge in [0.05, 0.1) is 23.8 Å². The maximum Gasteiger partial charge on any atom is 0.146 e. The minimum absolute atomic E-state index is 0.133. The van der Waals surface area contributed by atoms with Crippen LogP contribution in [0.4, 0.5) is 4.39 Å². The number of rotatable bonds is 4. The van der Waals surface area contributed by atoms with Gasteiger partial charge in [-0.1, -0.05) is 30.7 Å². The molecular formula is C15H22ClFN2O. The maximum atomic E-state index is 14.3. The van der Waals surface area contributed by atoms with Gasteiger partial charge in [-0.3, -0.25) is 4.90 Å². The van der Waals surface area contributed by atoms with E-state index in [1.165, 1.54) is 0 Å². The lowest BCUT2D eigenvalue weighted by Gasteiger charge is -2.43. The second-order valence-corrected chi connectivity index (χ2v) is 5.70. The van der Waals surface area contributed by atoms with E-state index in [1.807, 2.05) is 6.92 Å². The van der Waals surface area contributed by atoms with Gasteiger partial charge in [-0.2, -0.15) is 0 Å². The minimum Gasteiger partial charge on any atom is -0.376 e. The van der Waals surface area contributed by atoms with Crippen LogP contribution >= 0.6 is 11.6 Å². The minimum atomic E-state index is -0.362. The molecular weight excluding hydrogens is 279 g/mol. The predicted molar refractivity (Wildman–Crippen MR) is 79.4 cm³/mol. The Morgan fingerprint density at radius 1 is 1.55 bits per heavy atom. The highest BCUT2D eigenvalue weighted by Gasteiger charge is 2.32. The molecule has 1 saturated heterocycles. The van der Waals surface area contributed by atoms with Crippen LogP contribution in [0.15, 0.2) is 18.2 Å². The molecule has 0 spiro atoms. The summed E-state index contributed by atoms with van der Waals surface area (Å²) < 4.78 is 20.0. The Morgan fingerprint density at radius 3 is 2.95 bits per heavy atom. The summed E-state index contributed by atoms with van der Waals surface area (Å²) in [5.74, 6) is -0.362. The van der Waals surface area contributed by atoms with Gasteiger partial charge in [-0.05, 0) is 19.4 Å². The van der Waals surface area contributed by atoms with Gasteiger partial charge < -0.3 is 10.5 Å². The molecule has 2 N–H and O–H groups in total. The second-order valence-electron chi connectivity index (χ2n) is 5.30. The van der Waals surface area contributed by atoms with Crippen LogP contribution in [0.1, 0.15) is 31.9 Å². The van der Waals surface area contributed by atoms with Crippen molar-refractivity contribution in [1.82, 2.24) is 4.90 Å². The van der Waals surface area contributed by atoms with E-state index < -0.39 is 0 Å². The topological polar surface area (TPSA) is 38.5 Å². The molecule has 2 rings (SSSR count). The van der Waals surface area contributed by atoms with Crippen molar-refractivity contribution < 1.29 is 9.13 Å². The highest BCUT2D eigenvalue weighted by atomic mass is 35.5. The second kappa shape index (κ2) is 6.85. The molecule has 0 aliphatic carbocycles. The third-order valence-corrected chi connectivity index (χ3v) is 4.24. The van der Waals surface area contributed by atoms with Gasteiger partial charge in [-0.25, -0.2) is 4.39 Å². The van der Waals surface area contributed by atoms with Crippen molar-refractivity contribution >= 4 is 11.6 Å². The summed E-state index contributed by atoms with van der Waals surface area (Å²) >= 11 is 5.89. The van der Waals surface area contributed by atoms with Gasteiger partial charge in [0.1, 0.15) is 5.82 Å². The molecule has 1 aliphatic rings. The lowest BCUT2D eigenvalue weighted by atomic mass is 10.00. The van der Waals surface area contributed by atoms with Crippen molar-refractivity contribution in [3.63, 3.8) is 0 Å². The van der Waals surface area contributed by atoms with Crippen LogP contribution in [-0.2, 0) is 4.74 Å². The number of nitrogens with zero attached hydrogens (tertiary/aromatic N) is 1. The van der Waals surface area contributed by atoms with Gasteiger partial charge in [-0.15, -0.1) is 0 Å². The first-order valence-corrected chi connectivity index (χ1v) is 7.47. The van der Waals surface area contributed by atoms with E-state index in [2.05, 4.69) is 11.8 Å². The molecule has 0 saturated carbocycles. The fraction of sp³-hybridized carbons (Fsp3) is 0.600. The number of morpholine rings is 1. The van der Waals surface area contributed by atoms with Crippen LogP contribution in [0, 0.1) is 5.82 Å². The van der Waals surface area contributed by atoms with Crippen molar-refractivity contribution in [3.8, 4) is 0 Å². The summed E-state index contributed by atoms with van der Waals surface area (Å²) in [5.41, 5.74) is 6.50. The monoisotopic (exact) mass is 300 g/mol. The average Bonchev–Trinajstić information content (AvgIpc) is 2.44. The van der Waals surface area contributed by atoms with Crippen molar-refractivity contribution in [3.05, 3.63) is 34.6 Å². The van der Waals surface area contributed by atoms with Crippen LogP contribution < -0.4 is 5.73 Å². The Kier molecular flexibility index (Phi) is 5.38. The number of hydrogen-bond donors (Lipinski definition) is 1. The molecule has 5 heteroatoms. The number of hydrogen-bond acceptors (Lipinski definition) is 3. The van der Waals surface area contributed by atoms with E-state index in [1.54, 1.807) is 18.2 Å². The summed E-state index contributed by atoms with van der Waals surface area (Å²) in [4.78, 5) is 2.25. The highest BCUT2D eigenvalue weighted by molar-refractivity contribution is 6.30.